The Morgan fingerprint density at radius 2 is 1.70 bits per heavy atom. The Kier molecular flexibility index (Phi) is 11.3. The van der Waals surface area contributed by atoms with Gasteiger partial charge in [-0.2, -0.15) is 18.3 Å². The van der Waals surface area contributed by atoms with Gasteiger partial charge in [0.25, 0.3) is 0 Å². The highest BCUT2D eigenvalue weighted by Crippen LogP contribution is 2.38. The van der Waals surface area contributed by atoms with E-state index in [1.807, 2.05) is 18.2 Å². The summed E-state index contributed by atoms with van der Waals surface area (Å²) >= 11 is 0. The second-order valence-electron chi connectivity index (χ2n) is 16.6. The number of alkyl halides is 3. The van der Waals surface area contributed by atoms with Crippen molar-refractivity contribution < 1.29 is 31.2 Å². The molecule has 5 heterocycles. The molecule has 2 aliphatic heterocycles. The highest BCUT2D eigenvalue weighted by Gasteiger charge is 2.37. The number of halogens is 3. The minimum absolute atomic E-state index is 0.0654. The van der Waals surface area contributed by atoms with Crippen molar-refractivity contribution in [2.75, 3.05) is 36.9 Å². The summed E-state index contributed by atoms with van der Waals surface area (Å²) in [5.74, 6) is -0.492. The minimum atomic E-state index is -4.68. The molecule has 0 radical (unpaired) electrons. The van der Waals surface area contributed by atoms with Crippen molar-refractivity contribution in [1.29, 1.82) is 0 Å². The molecule has 15 nitrogen and oxygen atoms in total. The Morgan fingerprint density at radius 1 is 0.967 bits per heavy atom. The molecule has 5 aromatic rings. The van der Waals surface area contributed by atoms with Crippen molar-refractivity contribution in [1.82, 2.24) is 39.1 Å². The Labute approximate surface area is 350 Å². The summed E-state index contributed by atoms with van der Waals surface area (Å²) in [7, 11) is 1.81. The van der Waals surface area contributed by atoms with Gasteiger partial charge in [0.2, 0.25) is 17.8 Å². The van der Waals surface area contributed by atoms with Gasteiger partial charge in [-0.05, 0) is 101 Å². The predicted octanol–water partition coefficient (Wildman–Crippen LogP) is 5.51. The van der Waals surface area contributed by atoms with Crippen molar-refractivity contribution in [3.63, 3.8) is 0 Å². The van der Waals surface area contributed by atoms with Crippen LogP contribution in [0.2, 0.25) is 0 Å². The van der Waals surface area contributed by atoms with Crippen LogP contribution in [0.3, 0.4) is 0 Å². The summed E-state index contributed by atoms with van der Waals surface area (Å²) in [6.45, 7) is 4.17. The third kappa shape index (κ3) is 8.28. The molecule has 1 atom stereocenters. The lowest BCUT2D eigenvalue weighted by molar-refractivity contribution is -0.138. The van der Waals surface area contributed by atoms with Gasteiger partial charge in [-0.1, -0.05) is 6.07 Å². The SMILES string of the molecule is Cc1cc(S(=O)(=O)C2CCC(CN(C)C3CCN(c4cccc5c4n(C)c(=O)n5C4CCC(=O)NC4=O)CC3)CC2)ccc1Nc1ncc(C(F)(F)F)c(-c2cnn(C)c2)n1. The number of aryl methyl sites for hydroxylation is 3. The molecule has 2 N–H and O–H groups in total. The van der Waals surface area contributed by atoms with Crippen molar-refractivity contribution in [2.24, 2.45) is 20.0 Å². The lowest BCUT2D eigenvalue weighted by atomic mass is 9.88. The summed E-state index contributed by atoms with van der Waals surface area (Å²) in [6.07, 6.45) is 3.76. The van der Waals surface area contributed by atoms with Crippen LogP contribution in [0.15, 0.2) is 64.7 Å². The van der Waals surface area contributed by atoms with Gasteiger partial charge >= 0.3 is 11.9 Å². The number of carbonyl (C=O) groups excluding carboxylic acids is 2. The molecular weight excluding hydrogens is 814 g/mol. The van der Waals surface area contributed by atoms with Crippen LogP contribution in [0.4, 0.5) is 30.5 Å². The topological polar surface area (TPSA) is 169 Å². The maximum atomic E-state index is 13.9. The van der Waals surface area contributed by atoms with Gasteiger partial charge in [0.1, 0.15) is 11.6 Å². The molecule has 61 heavy (non-hydrogen) atoms. The second kappa shape index (κ2) is 16.4. The molecule has 1 aliphatic carbocycles. The van der Waals surface area contributed by atoms with E-state index in [0.29, 0.717) is 41.6 Å². The number of anilines is 3. The van der Waals surface area contributed by atoms with E-state index in [2.05, 4.69) is 42.5 Å². The summed E-state index contributed by atoms with van der Waals surface area (Å²) in [4.78, 5) is 50.9. The number of sulfone groups is 1. The number of imide groups is 1. The first-order chi connectivity index (χ1) is 29.0. The fraction of sp³-hybridized carbons (Fsp3) is 0.476. The average Bonchev–Trinajstić information content (AvgIpc) is 3.78. The first-order valence-electron chi connectivity index (χ1n) is 20.5. The van der Waals surface area contributed by atoms with E-state index in [1.54, 1.807) is 37.7 Å². The molecule has 1 unspecified atom stereocenters. The van der Waals surface area contributed by atoms with Crippen molar-refractivity contribution in [3.05, 3.63) is 76.6 Å². The Bertz CT molecular complexity index is 2660. The maximum Gasteiger partial charge on any atom is 0.419 e. The van der Waals surface area contributed by atoms with Gasteiger partial charge in [-0.3, -0.25) is 28.7 Å². The van der Waals surface area contributed by atoms with Gasteiger partial charge in [-0.15, -0.1) is 0 Å². The third-order valence-corrected chi connectivity index (χ3v) is 14.9. The van der Waals surface area contributed by atoms with E-state index in [1.165, 1.54) is 27.7 Å². The number of nitrogens with one attached hydrogen (secondary N) is 2. The van der Waals surface area contributed by atoms with Crippen LogP contribution >= 0.6 is 0 Å². The van der Waals surface area contributed by atoms with E-state index in [0.717, 1.165) is 62.7 Å². The third-order valence-electron chi connectivity index (χ3n) is 12.7. The first kappa shape index (κ1) is 42.1. The number of carbonyl (C=O) groups is 2. The van der Waals surface area contributed by atoms with Crippen LogP contribution in [0.1, 0.15) is 68.5 Å². The number of hydrogen-bond acceptors (Lipinski definition) is 11. The molecule has 0 spiro atoms. The fourth-order valence-corrected chi connectivity index (χ4v) is 11.2. The number of imidazole rings is 1. The molecule has 2 aromatic carbocycles. The van der Waals surface area contributed by atoms with E-state index in [-0.39, 0.29) is 46.5 Å². The molecule has 19 heteroatoms. The molecule has 0 bridgehead atoms. The van der Waals surface area contributed by atoms with Gasteiger partial charge in [-0.25, -0.2) is 23.2 Å². The predicted molar refractivity (Wildman–Crippen MR) is 223 cm³/mol. The Morgan fingerprint density at radius 3 is 2.36 bits per heavy atom. The monoisotopic (exact) mass is 862 g/mol. The average molecular weight is 863 g/mol. The number of rotatable bonds is 10. The number of nitrogens with zero attached hydrogens (tertiary/aromatic N) is 8. The maximum absolute atomic E-state index is 13.9. The zero-order valence-electron chi connectivity index (χ0n) is 34.4. The van der Waals surface area contributed by atoms with E-state index >= 15 is 0 Å². The van der Waals surface area contributed by atoms with Gasteiger partial charge < -0.3 is 15.1 Å². The normalized spacial score (nSPS) is 20.7. The number of hydrogen-bond donors (Lipinski definition) is 2. The molecule has 8 rings (SSSR count). The summed E-state index contributed by atoms with van der Waals surface area (Å²) in [5.41, 5.74) is 2.02. The second-order valence-corrected chi connectivity index (χ2v) is 18.9. The van der Waals surface area contributed by atoms with Crippen molar-refractivity contribution >= 4 is 50.0 Å². The number of fused-ring (bicyclic) bond motifs is 1. The number of piperidine rings is 2. The fourth-order valence-electron chi connectivity index (χ4n) is 9.31. The van der Waals surface area contributed by atoms with Gasteiger partial charge in [0.05, 0.1) is 38.8 Å². The van der Waals surface area contributed by atoms with Crippen LogP contribution < -0.4 is 21.2 Å². The molecule has 2 amide bonds. The zero-order chi connectivity index (χ0) is 43.4. The molecule has 3 aromatic heterocycles. The molecule has 3 fully saturated rings. The van der Waals surface area contributed by atoms with Crippen molar-refractivity contribution in [2.45, 2.75) is 86.7 Å². The zero-order valence-corrected chi connectivity index (χ0v) is 35.3. The molecule has 324 valence electrons. The molecular formula is C42H49F3N10O5S. The summed E-state index contributed by atoms with van der Waals surface area (Å²) in [6, 6.07) is 10.1. The standard InChI is InChI=1S/C42H49F3N10O5S/c1-25-20-30(12-13-32(25)48-40-46-22-31(42(43,44)45)37(50-40)27-21-47-52(3)24-27)61(59,60)29-10-8-26(9-11-29)23-51(2)28-16-18-54(19-17-28)33-6-5-7-34-38(33)53(4)41(58)55(34)35-14-15-36(56)49-39(35)57/h5-7,12-13,20-22,24,26,28-29,35H,8-11,14-19,23H2,1-4H3,(H,46,48,50)(H,49,56,57). The smallest absolute Gasteiger partial charge is 0.370 e. The highest BCUT2D eigenvalue weighted by molar-refractivity contribution is 7.92. The minimum Gasteiger partial charge on any atom is -0.370 e. The van der Waals surface area contributed by atoms with Gasteiger partial charge in [0.15, 0.2) is 9.84 Å². The lowest BCUT2D eigenvalue weighted by Gasteiger charge is -2.40. The lowest BCUT2D eigenvalue weighted by Crippen LogP contribution is -2.45. The number of benzene rings is 2. The number of amides is 2. The van der Waals surface area contributed by atoms with Gasteiger partial charge in [0, 0.05) is 69.8 Å². The summed E-state index contributed by atoms with van der Waals surface area (Å²) in [5, 5.41) is 8.79. The summed E-state index contributed by atoms with van der Waals surface area (Å²) < 4.78 is 73.6. The quantitative estimate of drug-likeness (QED) is 0.170. The van der Waals surface area contributed by atoms with E-state index < -0.39 is 38.8 Å². The van der Waals surface area contributed by atoms with Crippen molar-refractivity contribution in [3.8, 4) is 11.3 Å². The number of para-hydroxylation sites is 1. The molecule has 1 saturated carbocycles. The van der Waals surface area contributed by atoms with E-state index in [9.17, 15) is 36.0 Å². The number of aromatic nitrogens is 6. The highest BCUT2D eigenvalue weighted by atomic mass is 32.2. The first-order valence-corrected chi connectivity index (χ1v) is 22.1. The van der Waals surface area contributed by atoms with Crippen LogP contribution in [-0.4, -0.2) is 92.0 Å². The van der Waals surface area contributed by atoms with Crippen LogP contribution in [-0.2, 0) is 39.7 Å². The molecule has 2 saturated heterocycles. The Hall–Kier alpha value is -5.56. The largest absolute Gasteiger partial charge is 0.419 e. The van der Waals surface area contributed by atoms with Crippen LogP contribution in [0.5, 0.6) is 0 Å². The Balaban J connectivity index is 0.861. The van der Waals surface area contributed by atoms with E-state index in [4.69, 9.17) is 0 Å². The van der Waals surface area contributed by atoms with Crippen LogP contribution in [0.25, 0.3) is 22.3 Å². The van der Waals surface area contributed by atoms with Crippen LogP contribution in [0, 0.1) is 12.8 Å². The molecule has 3 aliphatic rings.